The lowest BCUT2D eigenvalue weighted by Gasteiger charge is -2.10. The zero-order valence-corrected chi connectivity index (χ0v) is 12.3. The van der Waals surface area contributed by atoms with Crippen LogP contribution < -0.4 is 15.8 Å². The molecular weight excluding hydrogens is 268 g/mol. The standard InChI is InChI=1S/C15H18N4O2/c1-4-13-11(7-9(2)18-19-13)15(20)17-10-5-6-12(16)14(8-10)21-3/h5-8H,4,16H2,1-3H3,(H,17,20). The maximum absolute atomic E-state index is 12.4. The number of hydrogen-bond donors (Lipinski definition) is 2. The Morgan fingerprint density at radius 1 is 1.33 bits per heavy atom. The monoisotopic (exact) mass is 286 g/mol. The van der Waals surface area contributed by atoms with Crippen LogP contribution in [0.5, 0.6) is 5.75 Å². The number of aromatic nitrogens is 2. The average molecular weight is 286 g/mol. The van der Waals surface area contributed by atoms with Crippen molar-refractivity contribution in [2.75, 3.05) is 18.2 Å². The van der Waals surface area contributed by atoms with Crippen molar-refractivity contribution in [2.45, 2.75) is 20.3 Å². The molecule has 1 aromatic carbocycles. The summed E-state index contributed by atoms with van der Waals surface area (Å²) in [5, 5.41) is 10.8. The van der Waals surface area contributed by atoms with Gasteiger partial charge in [0, 0.05) is 11.8 Å². The van der Waals surface area contributed by atoms with Gasteiger partial charge in [0.15, 0.2) is 0 Å². The van der Waals surface area contributed by atoms with Crippen LogP contribution in [-0.2, 0) is 6.42 Å². The van der Waals surface area contributed by atoms with E-state index in [1.807, 2.05) is 6.92 Å². The SMILES string of the molecule is CCc1nnc(C)cc1C(=O)Nc1ccc(N)c(OC)c1. The minimum Gasteiger partial charge on any atom is -0.495 e. The van der Waals surface area contributed by atoms with Gasteiger partial charge in [-0.05, 0) is 31.5 Å². The third-order valence-electron chi connectivity index (χ3n) is 3.06. The third-order valence-corrected chi connectivity index (χ3v) is 3.06. The van der Waals surface area contributed by atoms with E-state index in [4.69, 9.17) is 10.5 Å². The number of aryl methyl sites for hydroxylation is 2. The Morgan fingerprint density at radius 3 is 2.76 bits per heavy atom. The Hall–Kier alpha value is -2.63. The maximum atomic E-state index is 12.4. The fourth-order valence-electron chi connectivity index (χ4n) is 1.96. The van der Waals surface area contributed by atoms with Crippen molar-refractivity contribution in [2.24, 2.45) is 0 Å². The minimum atomic E-state index is -0.225. The molecule has 6 nitrogen and oxygen atoms in total. The van der Waals surface area contributed by atoms with Crippen LogP contribution in [0.25, 0.3) is 0 Å². The molecule has 0 saturated heterocycles. The zero-order valence-electron chi connectivity index (χ0n) is 12.3. The molecule has 2 rings (SSSR count). The van der Waals surface area contributed by atoms with Crippen molar-refractivity contribution in [3.05, 3.63) is 41.2 Å². The van der Waals surface area contributed by atoms with Gasteiger partial charge >= 0.3 is 0 Å². The minimum absolute atomic E-state index is 0.225. The molecule has 0 aliphatic carbocycles. The van der Waals surface area contributed by atoms with E-state index in [-0.39, 0.29) is 5.91 Å². The number of rotatable bonds is 4. The molecule has 21 heavy (non-hydrogen) atoms. The van der Waals surface area contributed by atoms with Crippen LogP contribution in [-0.4, -0.2) is 23.2 Å². The molecule has 0 aliphatic rings. The van der Waals surface area contributed by atoms with E-state index in [0.29, 0.717) is 40.5 Å². The van der Waals surface area contributed by atoms with Crippen LogP contribution in [0.2, 0.25) is 0 Å². The van der Waals surface area contributed by atoms with E-state index in [1.54, 1.807) is 31.2 Å². The van der Waals surface area contributed by atoms with E-state index < -0.39 is 0 Å². The van der Waals surface area contributed by atoms with Gasteiger partial charge in [-0.1, -0.05) is 6.92 Å². The first-order valence-electron chi connectivity index (χ1n) is 6.63. The molecule has 0 unspecified atom stereocenters. The second-order valence-corrected chi connectivity index (χ2v) is 4.61. The Labute approximate surface area is 123 Å². The Morgan fingerprint density at radius 2 is 2.10 bits per heavy atom. The van der Waals surface area contributed by atoms with Gasteiger partial charge in [-0.3, -0.25) is 4.79 Å². The first-order valence-corrected chi connectivity index (χ1v) is 6.63. The predicted molar refractivity (Wildman–Crippen MR) is 81.5 cm³/mol. The van der Waals surface area contributed by atoms with E-state index in [0.717, 1.165) is 0 Å². The highest BCUT2D eigenvalue weighted by Gasteiger charge is 2.13. The number of nitrogens with zero attached hydrogens (tertiary/aromatic N) is 2. The first-order chi connectivity index (χ1) is 10.0. The number of carbonyl (C=O) groups is 1. The summed E-state index contributed by atoms with van der Waals surface area (Å²) < 4.78 is 5.14. The van der Waals surface area contributed by atoms with Crippen molar-refractivity contribution in [3.8, 4) is 5.75 Å². The lowest BCUT2D eigenvalue weighted by atomic mass is 10.1. The molecular formula is C15H18N4O2. The number of methoxy groups -OCH3 is 1. The number of hydrogen-bond acceptors (Lipinski definition) is 5. The molecule has 0 spiro atoms. The highest BCUT2D eigenvalue weighted by Crippen LogP contribution is 2.25. The molecule has 0 atom stereocenters. The third kappa shape index (κ3) is 3.28. The Bertz CT molecular complexity index is 671. The summed E-state index contributed by atoms with van der Waals surface area (Å²) in [7, 11) is 1.53. The molecule has 3 N–H and O–H groups in total. The van der Waals surface area contributed by atoms with Crippen LogP contribution >= 0.6 is 0 Å². The number of ether oxygens (including phenoxy) is 1. The number of anilines is 2. The number of benzene rings is 1. The summed E-state index contributed by atoms with van der Waals surface area (Å²) >= 11 is 0. The van der Waals surface area contributed by atoms with E-state index >= 15 is 0 Å². The van der Waals surface area contributed by atoms with Gasteiger partial charge in [-0.15, -0.1) is 0 Å². The molecule has 0 radical (unpaired) electrons. The molecule has 0 saturated carbocycles. The predicted octanol–water partition coefficient (Wildman–Crippen LogP) is 2.19. The second-order valence-electron chi connectivity index (χ2n) is 4.61. The smallest absolute Gasteiger partial charge is 0.257 e. The van der Waals surface area contributed by atoms with Gasteiger partial charge in [0.2, 0.25) is 0 Å². The summed E-state index contributed by atoms with van der Waals surface area (Å²) in [6.07, 6.45) is 0.640. The fraction of sp³-hybridized carbons (Fsp3) is 0.267. The fourth-order valence-corrected chi connectivity index (χ4v) is 1.96. The van der Waals surface area contributed by atoms with Gasteiger partial charge in [0.25, 0.3) is 5.91 Å². The normalized spacial score (nSPS) is 10.2. The first kappa shape index (κ1) is 14.8. The summed E-state index contributed by atoms with van der Waals surface area (Å²) in [6, 6.07) is 6.82. The summed E-state index contributed by atoms with van der Waals surface area (Å²) in [6.45, 7) is 3.73. The highest BCUT2D eigenvalue weighted by molar-refractivity contribution is 6.05. The Kier molecular flexibility index (Phi) is 4.37. The van der Waals surface area contributed by atoms with Crippen molar-refractivity contribution in [1.82, 2.24) is 10.2 Å². The van der Waals surface area contributed by atoms with Crippen LogP contribution in [0.4, 0.5) is 11.4 Å². The topological polar surface area (TPSA) is 90.1 Å². The number of nitrogen functional groups attached to an aromatic ring is 1. The number of carbonyl (C=O) groups excluding carboxylic acids is 1. The van der Waals surface area contributed by atoms with E-state index in [2.05, 4.69) is 15.5 Å². The summed E-state index contributed by atoms with van der Waals surface area (Å²) in [4.78, 5) is 12.4. The molecule has 110 valence electrons. The summed E-state index contributed by atoms with van der Waals surface area (Å²) in [5.74, 6) is 0.296. The highest BCUT2D eigenvalue weighted by atomic mass is 16.5. The lowest BCUT2D eigenvalue weighted by molar-refractivity contribution is 0.102. The maximum Gasteiger partial charge on any atom is 0.257 e. The molecule has 0 bridgehead atoms. The van der Waals surface area contributed by atoms with Gasteiger partial charge in [0.05, 0.1) is 29.7 Å². The number of amides is 1. The van der Waals surface area contributed by atoms with Gasteiger partial charge in [-0.25, -0.2) is 0 Å². The molecule has 2 aromatic rings. The van der Waals surface area contributed by atoms with Gasteiger partial charge < -0.3 is 15.8 Å². The van der Waals surface area contributed by atoms with Gasteiger partial charge in [-0.2, -0.15) is 10.2 Å². The van der Waals surface area contributed by atoms with Crippen LogP contribution in [0, 0.1) is 6.92 Å². The van der Waals surface area contributed by atoms with Crippen LogP contribution in [0.3, 0.4) is 0 Å². The average Bonchev–Trinajstić information content (AvgIpc) is 2.49. The quantitative estimate of drug-likeness (QED) is 0.841. The van der Waals surface area contributed by atoms with Crippen LogP contribution in [0.15, 0.2) is 24.3 Å². The van der Waals surface area contributed by atoms with Crippen LogP contribution in [0.1, 0.15) is 28.7 Å². The van der Waals surface area contributed by atoms with Crippen molar-refractivity contribution in [1.29, 1.82) is 0 Å². The Balaban J connectivity index is 2.28. The largest absolute Gasteiger partial charge is 0.495 e. The molecule has 1 aromatic heterocycles. The second kappa shape index (κ2) is 6.21. The zero-order chi connectivity index (χ0) is 15.4. The van der Waals surface area contributed by atoms with Crippen molar-refractivity contribution < 1.29 is 9.53 Å². The molecule has 6 heteroatoms. The van der Waals surface area contributed by atoms with Crippen molar-refractivity contribution >= 4 is 17.3 Å². The van der Waals surface area contributed by atoms with E-state index in [9.17, 15) is 4.79 Å². The van der Waals surface area contributed by atoms with Crippen molar-refractivity contribution in [3.63, 3.8) is 0 Å². The molecule has 0 fully saturated rings. The molecule has 1 heterocycles. The lowest BCUT2D eigenvalue weighted by Crippen LogP contribution is -2.16. The molecule has 0 aliphatic heterocycles. The number of nitrogens with two attached hydrogens (primary N) is 1. The molecule has 1 amide bonds. The van der Waals surface area contributed by atoms with Gasteiger partial charge in [0.1, 0.15) is 5.75 Å². The number of nitrogens with one attached hydrogen (secondary N) is 1. The van der Waals surface area contributed by atoms with E-state index in [1.165, 1.54) is 7.11 Å². The summed E-state index contributed by atoms with van der Waals surface area (Å²) in [5.41, 5.74) is 8.78.